The second-order valence-electron chi connectivity index (χ2n) is 8.20. The number of carbonyl (C=O) groups is 3. The van der Waals surface area contributed by atoms with Gasteiger partial charge in [-0.3, -0.25) is 9.59 Å². The summed E-state index contributed by atoms with van der Waals surface area (Å²) in [5.74, 6) is -0.787. The summed E-state index contributed by atoms with van der Waals surface area (Å²) < 4.78 is 15.7. The fraction of sp³-hybridized carbons (Fsp3) is 0.444. The van der Waals surface area contributed by atoms with Gasteiger partial charge in [-0.05, 0) is 43.9 Å². The lowest BCUT2D eigenvalue weighted by Crippen LogP contribution is -2.37. The summed E-state index contributed by atoms with van der Waals surface area (Å²) in [5, 5.41) is 3.00. The zero-order valence-corrected chi connectivity index (χ0v) is 20.9. The molecule has 9 heteroatoms. The van der Waals surface area contributed by atoms with Crippen molar-refractivity contribution in [2.75, 3.05) is 32.8 Å². The maximum atomic E-state index is 12.7. The van der Waals surface area contributed by atoms with E-state index in [1.54, 1.807) is 11.8 Å². The van der Waals surface area contributed by atoms with Crippen molar-refractivity contribution in [1.82, 2.24) is 10.2 Å². The first kappa shape index (κ1) is 28.8. The molecule has 0 bridgehead atoms. The van der Waals surface area contributed by atoms with Gasteiger partial charge in [-0.1, -0.05) is 60.7 Å². The van der Waals surface area contributed by atoms with Crippen LogP contribution >= 0.6 is 0 Å². The molecule has 1 atom stereocenters. The predicted octanol–water partition coefficient (Wildman–Crippen LogP) is 3.02. The molecule has 0 fully saturated rings. The Labute approximate surface area is 212 Å². The molecule has 3 N–H and O–H groups in total. The van der Waals surface area contributed by atoms with E-state index in [4.69, 9.17) is 19.9 Å². The van der Waals surface area contributed by atoms with E-state index in [9.17, 15) is 14.4 Å². The summed E-state index contributed by atoms with van der Waals surface area (Å²) in [5.41, 5.74) is 7.79. The SMILES string of the molecule is CCOC(=O)CNCCCN(CCCC(N)C(=O)OCc1ccccc1)C(=O)OCc1ccccc1. The molecule has 0 aliphatic heterocycles. The Balaban J connectivity index is 1.78. The summed E-state index contributed by atoms with van der Waals surface area (Å²) >= 11 is 0. The van der Waals surface area contributed by atoms with Crippen LogP contribution in [0.15, 0.2) is 60.7 Å². The molecule has 0 aliphatic rings. The zero-order valence-electron chi connectivity index (χ0n) is 20.9. The van der Waals surface area contributed by atoms with Gasteiger partial charge in [-0.2, -0.15) is 0 Å². The Morgan fingerprint density at radius 3 is 2.06 bits per heavy atom. The standard InChI is InChI=1S/C27H37N3O6/c1-2-34-25(31)19-29-16-10-18-30(27(33)36-21-23-13-7-4-8-14-23)17-9-15-24(28)26(32)35-20-22-11-5-3-6-12-22/h3-8,11-14,24,29H,2,9-10,15-21,28H2,1H3. The molecular formula is C27H37N3O6. The van der Waals surface area contributed by atoms with Gasteiger partial charge in [-0.15, -0.1) is 0 Å². The van der Waals surface area contributed by atoms with Crippen molar-refractivity contribution in [3.05, 3.63) is 71.8 Å². The molecule has 0 radical (unpaired) electrons. The lowest BCUT2D eigenvalue weighted by atomic mass is 10.1. The molecule has 0 aromatic heterocycles. The quantitative estimate of drug-likeness (QED) is 0.205. The third-order valence-corrected chi connectivity index (χ3v) is 5.29. The molecule has 0 spiro atoms. The molecule has 0 heterocycles. The van der Waals surface area contributed by atoms with Gasteiger partial charge in [0.25, 0.3) is 0 Å². The minimum atomic E-state index is -0.776. The van der Waals surface area contributed by atoms with Gasteiger partial charge < -0.3 is 30.2 Å². The van der Waals surface area contributed by atoms with Crippen molar-refractivity contribution in [2.45, 2.75) is 45.4 Å². The first-order chi connectivity index (χ1) is 17.5. The average Bonchev–Trinajstić information content (AvgIpc) is 2.90. The molecule has 2 aromatic rings. The van der Waals surface area contributed by atoms with Crippen LogP contribution in [0.1, 0.15) is 37.3 Å². The number of nitrogens with two attached hydrogens (primary N) is 1. The van der Waals surface area contributed by atoms with Gasteiger partial charge in [0.15, 0.2) is 0 Å². The molecule has 1 unspecified atom stereocenters. The second kappa shape index (κ2) is 17.1. The summed E-state index contributed by atoms with van der Waals surface area (Å²) in [6, 6.07) is 18.1. The minimum Gasteiger partial charge on any atom is -0.465 e. The van der Waals surface area contributed by atoms with E-state index in [2.05, 4.69) is 5.32 Å². The van der Waals surface area contributed by atoms with Gasteiger partial charge in [0.05, 0.1) is 13.2 Å². The van der Waals surface area contributed by atoms with E-state index in [0.717, 1.165) is 11.1 Å². The van der Waals surface area contributed by atoms with E-state index < -0.39 is 18.1 Å². The summed E-state index contributed by atoms with van der Waals surface area (Å²) in [7, 11) is 0. The molecular weight excluding hydrogens is 462 g/mol. The van der Waals surface area contributed by atoms with E-state index in [-0.39, 0.29) is 25.7 Å². The highest BCUT2D eigenvalue weighted by Crippen LogP contribution is 2.08. The number of hydrogen-bond donors (Lipinski definition) is 2. The van der Waals surface area contributed by atoms with Crippen LogP contribution in [0.5, 0.6) is 0 Å². The van der Waals surface area contributed by atoms with E-state index in [1.165, 1.54) is 0 Å². The third-order valence-electron chi connectivity index (χ3n) is 5.29. The van der Waals surface area contributed by atoms with Crippen molar-refractivity contribution in [3.8, 4) is 0 Å². The van der Waals surface area contributed by atoms with Crippen LogP contribution < -0.4 is 11.1 Å². The highest BCUT2D eigenvalue weighted by molar-refractivity contribution is 5.75. The Morgan fingerprint density at radius 2 is 1.44 bits per heavy atom. The number of benzene rings is 2. The van der Waals surface area contributed by atoms with Crippen molar-refractivity contribution < 1.29 is 28.6 Å². The fourth-order valence-electron chi connectivity index (χ4n) is 3.36. The largest absolute Gasteiger partial charge is 0.465 e. The number of carbonyl (C=O) groups excluding carboxylic acids is 3. The van der Waals surface area contributed by atoms with Gasteiger partial charge in [0, 0.05) is 13.1 Å². The third kappa shape index (κ3) is 11.8. The van der Waals surface area contributed by atoms with Gasteiger partial charge in [-0.25, -0.2) is 4.79 Å². The number of rotatable bonds is 16. The number of hydrogen-bond acceptors (Lipinski definition) is 8. The molecule has 1 amide bonds. The van der Waals surface area contributed by atoms with Gasteiger partial charge in [0.1, 0.15) is 19.3 Å². The maximum absolute atomic E-state index is 12.7. The number of amides is 1. The maximum Gasteiger partial charge on any atom is 0.410 e. The van der Waals surface area contributed by atoms with Crippen molar-refractivity contribution in [2.24, 2.45) is 5.73 Å². The first-order valence-corrected chi connectivity index (χ1v) is 12.3. The van der Waals surface area contributed by atoms with Crippen LogP contribution in [-0.4, -0.2) is 61.8 Å². The Hall–Kier alpha value is -3.43. The van der Waals surface area contributed by atoms with Crippen LogP contribution in [0.2, 0.25) is 0 Å². The lowest BCUT2D eigenvalue weighted by molar-refractivity contribution is -0.146. The summed E-state index contributed by atoms with van der Waals surface area (Å²) in [6.45, 7) is 3.89. The van der Waals surface area contributed by atoms with Gasteiger partial charge >= 0.3 is 18.0 Å². The van der Waals surface area contributed by atoms with Crippen molar-refractivity contribution in [1.29, 1.82) is 0 Å². The second-order valence-corrected chi connectivity index (χ2v) is 8.20. The topological polar surface area (TPSA) is 120 Å². The molecule has 9 nitrogen and oxygen atoms in total. The Morgan fingerprint density at radius 1 is 0.861 bits per heavy atom. The monoisotopic (exact) mass is 499 g/mol. The van der Waals surface area contributed by atoms with Crippen LogP contribution in [0, 0.1) is 0 Å². The number of esters is 2. The lowest BCUT2D eigenvalue weighted by Gasteiger charge is -2.23. The molecule has 36 heavy (non-hydrogen) atoms. The predicted molar refractivity (Wildman–Crippen MR) is 136 cm³/mol. The van der Waals surface area contributed by atoms with E-state index in [1.807, 2.05) is 60.7 Å². The van der Waals surface area contributed by atoms with Crippen LogP contribution in [0.4, 0.5) is 4.79 Å². The van der Waals surface area contributed by atoms with E-state index in [0.29, 0.717) is 45.5 Å². The van der Waals surface area contributed by atoms with E-state index >= 15 is 0 Å². The number of ether oxygens (including phenoxy) is 3. The fourth-order valence-corrected chi connectivity index (χ4v) is 3.36. The highest BCUT2D eigenvalue weighted by atomic mass is 16.6. The summed E-state index contributed by atoms with van der Waals surface area (Å²) in [6.07, 6.45) is 1.06. The molecule has 2 rings (SSSR count). The number of nitrogens with one attached hydrogen (secondary N) is 1. The van der Waals surface area contributed by atoms with Crippen LogP contribution in [0.25, 0.3) is 0 Å². The summed E-state index contributed by atoms with van der Waals surface area (Å²) in [4.78, 5) is 38.0. The van der Waals surface area contributed by atoms with Crippen LogP contribution in [0.3, 0.4) is 0 Å². The first-order valence-electron chi connectivity index (χ1n) is 12.3. The van der Waals surface area contributed by atoms with Gasteiger partial charge in [0.2, 0.25) is 0 Å². The molecule has 196 valence electrons. The number of nitrogens with zero attached hydrogens (tertiary/aromatic N) is 1. The average molecular weight is 500 g/mol. The molecule has 2 aromatic carbocycles. The van der Waals surface area contributed by atoms with Crippen LogP contribution in [-0.2, 0) is 37.0 Å². The molecule has 0 saturated carbocycles. The molecule has 0 aliphatic carbocycles. The van der Waals surface area contributed by atoms with Crippen molar-refractivity contribution in [3.63, 3.8) is 0 Å². The smallest absolute Gasteiger partial charge is 0.410 e. The zero-order chi connectivity index (χ0) is 26.0. The Bertz CT molecular complexity index is 910. The minimum absolute atomic E-state index is 0.117. The van der Waals surface area contributed by atoms with Crippen molar-refractivity contribution >= 4 is 18.0 Å². The molecule has 0 saturated heterocycles. The highest BCUT2D eigenvalue weighted by Gasteiger charge is 2.19. The Kier molecular flexibility index (Phi) is 13.7. The normalized spacial score (nSPS) is 11.4.